The molecule has 21 heavy (non-hydrogen) atoms. The monoisotopic (exact) mass is 307 g/mol. The lowest BCUT2D eigenvalue weighted by Gasteiger charge is -2.43. The summed E-state index contributed by atoms with van der Waals surface area (Å²) < 4.78 is 57.2. The molecule has 0 aromatic heterocycles. The molecular weight excluding hydrogens is 290 g/mol. The molecule has 0 amide bonds. The maximum Gasteiger partial charge on any atom is 0.416 e. The van der Waals surface area contributed by atoms with E-state index in [-0.39, 0.29) is 18.8 Å². The van der Waals surface area contributed by atoms with Crippen molar-refractivity contribution in [2.45, 2.75) is 31.7 Å². The maximum atomic E-state index is 14.0. The second-order valence-corrected chi connectivity index (χ2v) is 5.73. The van der Waals surface area contributed by atoms with Gasteiger partial charge in [-0.3, -0.25) is 0 Å². The van der Waals surface area contributed by atoms with E-state index in [2.05, 4.69) is 0 Å². The zero-order valence-electron chi connectivity index (χ0n) is 11.7. The van der Waals surface area contributed by atoms with E-state index < -0.39 is 29.3 Å². The van der Waals surface area contributed by atoms with Crippen molar-refractivity contribution in [1.29, 1.82) is 0 Å². The average molecular weight is 307 g/mol. The predicted octanol–water partition coefficient (Wildman–Crippen LogP) is 2.82. The molecule has 1 heterocycles. The van der Waals surface area contributed by atoms with Crippen molar-refractivity contribution in [3.8, 4) is 0 Å². The molecule has 1 aromatic rings. The molecule has 0 bridgehead atoms. The van der Waals surface area contributed by atoms with Crippen LogP contribution in [0.25, 0.3) is 0 Å². The van der Waals surface area contributed by atoms with Crippen molar-refractivity contribution in [3.63, 3.8) is 0 Å². The van der Waals surface area contributed by atoms with Crippen molar-refractivity contribution in [1.82, 2.24) is 0 Å². The number of aliphatic hydroxyl groups excluding tert-OH is 1. The largest absolute Gasteiger partial charge is 0.416 e. The van der Waals surface area contributed by atoms with Gasteiger partial charge in [0.2, 0.25) is 0 Å². The first-order valence-corrected chi connectivity index (χ1v) is 6.53. The van der Waals surface area contributed by atoms with Crippen molar-refractivity contribution >= 4 is 5.69 Å². The van der Waals surface area contributed by atoms with E-state index in [0.29, 0.717) is 12.6 Å². The van der Waals surface area contributed by atoms with Crippen LogP contribution in [0.3, 0.4) is 0 Å². The van der Waals surface area contributed by atoms with Crippen molar-refractivity contribution < 1.29 is 27.4 Å². The van der Waals surface area contributed by atoms with E-state index in [0.717, 1.165) is 12.1 Å². The standard InChI is InChI=1S/C14H17F4NO2/c1-13(2)8-19(6-10(7-20)21-13)12-4-3-9(5-11(12)15)14(16,17)18/h3-5,10,20H,6-8H2,1-2H3. The molecule has 1 aromatic carbocycles. The smallest absolute Gasteiger partial charge is 0.394 e. The van der Waals surface area contributed by atoms with E-state index in [1.54, 1.807) is 18.7 Å². The predicted molar refractivity (Wildman–Crippen MR) is 69.7 cm³/mol. The number of nitrogens with zero attached hydrogens (tertiary/aromatic N) is 1. The fraction of sp³-hybridized carbons (Fsp3) is 0.571. The average Bonchev–Trinajstić information content (AvgIpc) is 2.35. The Bertz CT molecular complexity index is 516. The lowest BCUT2D eigenvalue weighted by atomic mass is 10.0. The lowest BCUT2D eigenvalue weighted by molar-refractivity contribution is -0.137. The number of alkyl halides is 3. The summed E-state index contributed by atoms with van der Waals surface area (Å²) in [5, 5.41) is 9.21. The summed E-state index contributed by atoms with van der Waals surface area (Å²) in [6, 6.07) is 2.47. The Morgan fingerprint density at radius 3 is 2.57 bits per heavy atom. The van der Waals surface area contributed by atoms with E-state index in [9.17, 15) is 22.7 Å². The summed E-state index contributed by atoms with van der Waals surface area (Å²) in [7, 11) is 0. The minimum atomic E-state index is -4.57. The molecule has 3 nitrogen and oxygen atoms in total. The van der Waals surface area contributed by atoms with Crippen LogP contribution in [0.2, 0.25) is 0 Å². The highest BCUT2D eigenvalue weighted by Gasteiger charge is 2.35. The number of hydrogen-bond acceptors (Lipinski definition) is 3. The van der Waals surface area contributed by atoms with Gasteiger partial charge in [-0.25, -0.2) is 4.39 Å². The van der Waals surface area contributed by atoms with E-state index >= 15 is 0 Å². The normalized spacial score (nSPS) is 22.4. The third kappa shape index (κ3) is 3.65. The van der Waals surface area contributed by atoms with Gasteiger partial charge in [-0.2, -0.15) is 13.2 Å². The van der Waals surface area contributed by atoms with Gasteiger partial charge in [-0.05, 0) is 32.0 Å². The first-order chi connectivity index (χ1) is 9.62. The SMILES string of the molecule is CC1(C)CN(c2ccc(C(F)(F)F)cc2F)CC(CO)O1. The van der Waals surface area contributed by atoms with Gasteiger partial charge in [0.05, 0.1) is 29.6 Å². The van der Waals surface area contributed by atoms with Crippen LogP contribution in [0.5, 0.6) is 0 Å². The van der Waals surface area contributed by atoms with Crippen LogP contribution in [0, 0.1) is 5.82 Å². The van der Waals surface area contributed by atoms with E-state index in [1.807, 2.05) is 0 Å². The molecular formula is C14H17F4NO2. The highest BCUT2D eigenvalue weighted by Crippen LogP contribution is 2.34. The van der Waals surface area contributed by atoms with E-state index in [1.165, 1.54) is 0 Å². The molecule has 7 heteroatoms. The van der Waals surface area contributed by atoms with Gasteiger partial charge < -0.3 is 14.7 Å². The molecule has 1 N–H and O–H groups in total. The summed E-state index contributed by atoms with van der Waals surface area (Å²) in [6.45, 7) is 3.88. The van der Waals surface area contributed by atoms with E-state index in [4.69, 9.17) is 4.74 Å². The number of halogens is 4. The van der Waals surface area contributed by atoms with Gasteiger partial charge in [0, 0.05) is 13.1 Å². The Labute approximate surface area is 120 Å². The fourth-order valence-corrected chi connectivity index (χ4v) is 2.51. The Kier molecular flexibility index (Phi) is 4.17. The Balaban J connectivity index is 2.29. The quantitative estimate of drug-likeness (QED) is 0.853. The zero-order valence-corrected chi connectivity index (χ0v) is 11.7. The van der Waals surface area contributed by atoms with Gasteiger partial charge in [0.1, 0.15) is 5.82 Å². The van der Waals surface area contributed by atoms with Crippen molar-refractivity contribution in [2.24, 2.45) is 0 Å². The number of rotatable bonds is 2. The fourth-order valence-electron chi connectivity index (χ4n) is 2.51. The maximum absolute atomic E-state index is 14.0. The summed E-state index contributed by atoms with van der Waals surface area (Å²) in [5.74, 6) is -0.931. The Morgan fingerprint density at radius 2 is 2.05 bits per heavy atom. The molecule has 0 spiro atoms. The van der Waals surface area contributed by atoms with Gasteiger partial charge in [0.15, 0.2) is 0 Å². The second kappa shape index (κ2) is 5.46. The molecule has 1 atom stereocenters. The van der Waals surface area contributed by atoms with Gasteiger partial charge in [0.25, 0.3) is 0 Å². The molecule has 2 rings (SSSR count). The number of anilines is 1. The third-order valence-corrected chi connectivity index (χ3v) is 3.30. The molecule has 1 unspecified atom stereocenters. The van der Waals surface area contributed by atoms with Crippen LogP contribution in [0.1, 0.15) is 19.4 Å². The molecule has 1 saturated heterocycles. The number of benzene rings is 1. The van der Waals surface area contributed by atoms with Crippen molar-refractivity contribution in [3.05, 3.63) is 29.6 Å². The topological polar surface area (TPSA) is 32.7 Å². The highest BCUT2D eigenvalue weighted by atomic mass is 19.4. The first-order valence-electron chi connectivity index (χ1n) is 6.53. The minimum absolute atomic E-state index is 0.0813. The minimum Gasteiger partial charge on any atom is -0.394 e. The summed E-state index contributed by atoms with van der Waals surface area (Å²) in [5.41, 5.74) is -1.56. The lowest BCUT2D eigenvalue weighted by Crippen LogP contribution is -2.54. The van der Waals surface area contributed by atoms with Gasteiger partial charge >= 0.3 is 6.18 Å². The number of aliphatic hydroxyl groups is 1. The van der Waals surface area contributed by atoms with Crippen LogP contribution in [-0.4, -0.2) is 36.5 Å². The third-order valence-electron chi connectivity index (χ3n) is 3.30. The number of hydrogen-bond donors (Lipinski definition) is 1. The van der Waals surface area contributed by atoms with Crippen LogP contribution in [-0.2, 0) is 10.9 Å². The Hall–Kier alpha value is -1.34. The molecule has 1 fully saturated rings. The molecule has 0 saturated carbocycles. The molecule has 1 aliphatic rings. The Morgan fingerprint density at radius 1 is 1.38 bits per heavy atom. The first kappa shape index (κ1) is 16.0. The van der Waals surface area contributed by atoms with Crippen molar-refractivity contribution in [2.75, 3.05) is 24.6 Å². The summed E-state index contributed by atoms with van der Waals surface area (Å²) in [6.07, 6.45) is -5.08. The molecule has 0 aliphatic carbocycles. The summed E-state index contributed by atoms with van der Waals surface area (Å²) in [4.78, 5) is 1.60. The zero-order chi connectivity index (χ0) is 15.8. The summed E-state index contributed by atoms with van der Waals surface area (Å²) >= 11 is 0. The number of morpholine rings is 1. The van der Waals surface area contributed by atoms with Crippen LogP contribution in [0.4, 0.5) is 23.2 Å². The molecule has 1 aliphatic heterocycles. The van der Waals surface area contributed by atoms with Crippen LogP contribution < -0.4 is 4.90 Å². The highest BCUT2D eigenvalue weighted by molar-refractivity contribution is 5.50. The molecule has 118 valence electrons. The number of ether oxygens (including phenoxy) is 1. The van der Waals surface area contributed by atoms with Gasteiger partial charge in [-0.1, -0.05) is 0 Å². The van der Waals surface area contributed by atoms with Crippen LogP contribution >= 0.6 is 0 Å². The molecule has 0 radical (unpaired) electrons. The van der Waals surface area contributed by atoms with Gasteiger partial charge in [-0.15, -0.1) is 0 Å². The van der Waals surface area contributed by atoms with Crippen LogP contribution in [0.15, 0.2) is 18.2 Å². The second-order valence-electron chi connectivity index (χ2n) is 5.73.